The molecule has 0 amide bonds. The van der Waals surface area contributed by atoms with Gasteiger partial charge in [0.05, 0.1) is 18.1 Å². The van der Waals surface area contributed by atoms with E-state index in [1.165, 1.54) is 39.3 Å². The average Bonchev–Trinajstić information content (AvgIpc) is 2.44. The third-order valence-electron chi connectivity index (χ3n) is 2.90. The highest BCUT2D eigenvalue weighted by molar-refractivity contribution is 5.78. The summed E-state index contributed by atoms with van der Waals surface area (Å²) in [6.45, 7) is 1.27. The molecule has 1 aromatic carbocycles. The molecule has 0 fully saturated rings. The molecule has 0 aromatic heterocycles. The molecule has 0 radical (unpaired) electrons. The Kier molecular flexibility index (Phi) is 4.87. The molecule has 0 heterocycles. The minimum absolute atomic E-state index is 0.108. The van der Waals surface area contributed by atoms with E-state index in [1.807, 2.05) is 0 Å². The molecule has 0 aliphatic heterocycles. The second kappa shape index (κ2) is 6.20. The summed E-state index contributed by atoms with van der Waals surface area (Å²) in [7, 11) is 2.82. The van der Waals surface area contributed by atoms with Gasteiger partial charge in [0.1, 0.15) is 17.9 Å². The van der Waals surface area contributed by atoms with Crippen molar-refractivity contribution >= 4 is 11.7 Å². The SMILES string of the molecule is CNC(C)(COc1ccc(OC)c([N+](=O)[O-])c1)C(=O)O. The highest BCUT2D eigenvalue weighted by Gasteiger charge is 2.32. The first-order valence-corrected chi connectivity index (χ1v) is 5.71. The Labute approximate surface area is 115 Å². The monoisotopic (exact) mass is 284 g/mol. The van der Waals surface area contributed by atoms with E-state index in [0.717, 1.165) is 0 Å². The van der Waals surface area contributed by atoms with Crippen molar-refractivity contribution in [2.75, 3.05) is 20.8 Å². The number of aliphatic carboxylic acids is 1. The number of hydrogen-bond donors (Lipinski definition) is 2. The van der Waals surface area contributed by atoms with Crippen molar-refractivity contribution in [1.82, 2.24) is 5.32 Å². The summed E-state index contributed by atoms with van der Waals surface area (Å²) in [5.41, 5.74) is -1.53. The predicted octanol–water partition coefficient (Wildman–Crippen LogP) is 1.04. The van der Waals surface area contributed by atoms with E-state index in [4.69, 9.17) is 14.6 Å². The molecule has 1 aromatic rings. The molecule has 1 unspecified atom stereocenters. The van der Waals surface area contributed by atoms with Gasteiger partial charge >= 0.3 is 11.7 Å². The van der Waals surface area contributed by atoms with Crippen LogP contribution in [0.2, 0.25) is 0 Å². The van der Waals surface area contributed by atoms with Gasteiger partial charge in [-0.3, -0.25) is 14.9 Å². The van der Waals surface area contributed by atoms with Crippen LogP contribution in [0, 0.1) is 10.1 Å². The summed E-state index contributed by atoms with van der Waals surface area (Å²) in [5.74, 6) is -0.778. The van der Waals surface area contributed by atoms with E-state index in [1.54, 1.807) is 0 Å². The second-order valence-corrected chi connectivity index (χ2v) is 4.27. The van der Waals surface area contributed by atoms with E-state index in [-0.39, 0.29) is 23.8 Å². The number of nitrogens with one attached hydrogen (secondary N) is 1. The number of hydrogen-bond acceptors (Lipinski definition) is 6. The van der Waals surface area contributed by atoms with Gasteiger partial charge in [0.2, 0.25) is 0 Å². The quantitative estimate of drug-likeness (QED) is 0.568. The number of nitro groups is 1. The Bertz CT molecular complexity index is 519. The number of benzene rings is 1. The number of likely N-dealkylation sites (N-methyl/N-ethyl adjacent to an activating group) is 1. The fraction of sp³-hybridized carbons (Fsp3) is 0.417. The number of carbonyl (C=O) groups is 1. The zero-order valence-corrected chi connectivity index (χ0v) is 11.4. The number of carboxylic acid groups (broad SMARTS) is 1. The molecule has 0 saturated carbocycles. The Morgan fingerprint density at radius 2 is 2.20 bits per heavy atom. The number of nitrogens with zero attached hydrogens (tertiary/aromatic N) is 1. The lowest BCUT2D eigenvalue weighted by molar-refractivity contribution is -0.385. The molecule has 1 rings (SSSR count). The molecule has 0 aliphatic rings. The number of rotatable bonds is 7. The van der Waals surface area contributed by atoms with Crippen molar-refractivity contribution in [2.45, 2.75) is 12.5 Å². The molecule has 0 spiro atoms. The van der Waals surface area contributed by atoms with Crippen LogP contribution in [-0.2, 0) is 4.79 Å². The number of ether oxygens (including phenoxy) is 2. The fourth-order valence-corrected chi connectivity index (χ4v) is 1.37. The molecule has 20 heavy (non-hydrogen) atoms. The number of carboxylic acids is 1. The van der Waals surface area contributed by atoms with Gasteiger partial charge in [0.25, 0.3) is 0 Å². The van der Waals surface area contributed by atoms with E-state index >= 15 is 0 Å². The Morgan fingerprint density at radius 3 is 2.65 bits per heavy atom. The van der Waals surface area contributed by atoms with E-state index < -0.39 is 16.4 Å². The van der Waals surface area contributed by atoms with Crippen molar-refractivity contribution in [1.29, 1.82) is 0 Å². The van der Waals surface area contributed by atoms with Crippen molar-refractivity contribution in [3.05, 3.63) is 28.3 Å². The van der Waals surface area contributed by atoms with Gasteiger partial charge in [-0.2, -0.15) is 0 Å². The van der Waals surface area contributed by atoms with Crippen LogP contribution >= 0.6 is 0 Å². The van der Waals surface area contributed by atoms with Crippen LogP contribution in [0.1, 0.15) is 6.92 Å². The molecule has 0 saturated heterocycles. The lowest BCUT2D eigenvalue weighted by Gasteiger charge is -2.24. The van der Waals surface area contributed by atoms with Crippen LogP contribution in [-0.4, -0.2) is 42.3 Å². The number of methoxy groups -OCH3 is 1. The van der Waals surface area contributed by atoms with Gasteiger partial charge in [-0.05, 0) is 26.1 Å². The summed E-state index contributed by atoms with van der Waals surface area (Å²) < 4.78 is 10.2. The third-order valence-corrected chi connectivity index (χ3v) is 2.90. The smallest absolute Gasteiger partial charge is 0.327 e. The molecule has 8 nitrogen and oxygen atoms in total. The van der Waals surface area contributed by atoms with Gasteiger partial charge in [0.15, 0.2) is 5.75 Å². The fourth-order valence-electron chi connectivity index (χ4n) is 1.37. The van der Waals surface area contributed by atoms with Crippen LogP contribution in [0.4, 0.5) is 5.69 Å². The molecular weight excluding hydrogens is 268 g/mol. The molecule has 1 atom stereocenters. The third kappa shape index (κ3) is 3.35. The van der Waals surface area contributed by atoms with Crippen LogP contribution in [0.25, 0.3) is 0 Å². The Morgan fingerprint density at radius 1 is 1.55 bits per heavy atom. The van der Waals surface area contributed by atoms with Crippen LogP contribution in [0.15, 0.2) is 18.2 Å². The highest BCUT2D eigenvalue weighted by Crippen LogP contribution is 2.31. The standard InChI is InChI=1S/C12H16N2O6/c1-12(13-2,11(15)16)7-20-8-4-5-10(19-3)9(6-8)14(17)18/h4-6,13H,7H2,1-3H3,(H,15,16). The maximum Gasteiger partial charge on any atom is 0.327 e. The highest BCUT2D eigenvalue weighted by atomic mass is 16.6. The first-order chi connectivity index (χ1) is 9.34. The first kappa shape index (κ1) is 15.7. The zero-order valence-electron chi connectivity index (χ0n) is 11.4. The molecule has 0 aliphatic carbocycles. The van der Waals surface area contributed by atoms with E-state index in [9.17, 15) is 14.9 Å². The Hall–Kier alpha value is -2.35. The molecule has 0 bridgehead atoms. The summed E-state index contributed by atoms with van der Waals surface area (Å²) in [5, 5.41) is 22.6. The number of nitro benzene ring substituents is 1. The molecule has 2 N–H and O–H groups in total. The van der Waals surface area contributed by atoms with Crippen LogP contribution < -0.4 is 14.8 Å². The summed E-state index contributed by atoms with van der Waals surface area (Å²) in [6, 6.07) is 4.06. The Balaban J connectivity index is 2.92. The zero-order chi connectivity index (χ0) is 15.3. The van der Waals surface area contributed by atoms with Crippen LogP contribution in [0.5, 0.6) is 11.5 Å². The minimum Gasteiger partial charge on any atom is -0.491 e. The molecule has 110 valence electrons. The van der Waals surface area contributed by atoms with Crippen LogP contribution in [0.3, 0.4) is 0 Å². The summed E-state index contributed by atoms with van der Waals surface area (Å²) in [6.07, 6.45) is 0. The van der Waals surface area contributed by atoms with Crippen molar-refractivity contribution in [3.8, 4) is 11.5 Å². The topological polar surface area (TPSA) is 111 Å². The van der Waals surface area contributed by atoms with Gasteiger partial charge in [-0.15, -0.1) is 0 Å². The van der Waals surface area contributed by atoms with E-state index in [0.29, 0.717) is 0 Å². The normalized spacial score (nSPS) is 13.3. The predicted molar refractivity (Wildman–Crippen MR) is 70.2 cm³/mol. The second-order valence-electron chi connectivity index (χ2n) is 4.27. The van der Waals surface area contributed by atoms with Crippen molar-refractivity contribution < 1.29 is 24.3 Å². The maximum atomic E-state index is 11.1. The maximum absolute atomic E-state index is 11.1. The summed E-state index contributed by atoms with van der Waals surface area (Å²) in [4.78, 5) is 21.3. The average molecular weight is 284 g/mol. The van der Waals surface area contributed by atoms with Crippen molar-refractivity contribution in [2.24, 2.45) is 0 Å². The minimum atomic E-state index is -1.28. The summed E-state index contributed by atoms with van der Waals surface area (Å²) >= 11 is 0. The first-order valence-electron chi connectivity index (χ1n) is 5.71. The lowest BCUT2D eigenvalue weighted by Crippen LogP contribution is -2.52. The molecular formula is C12H16N2O6. The molecule has 8 heteroatoms. The largest absolute Gasteiger partial charge is 0.491 e. The van der Waals surface area contributed by atoms with Gasteiger partial charge in [0, 0.05) is 0 Å². The van der Waals surface area contributed by atoms with Crippen molar-refractivity contribution in [3.63, 3.8) is 0 Å². The van der Waals surface area contributed by atoms with E-state index in [2.05, 4.69) is 5.32 Å². The van der Waals surface area contributed by atoms with Gasteiger partial charge in [-0.25, -0.2) is 0 Å². The van der Waals surface area contributed by atoms with Gasteiger partial charge in [-0.1, -0.05) is 0 Å². The lowest BCUT2D eigenvalue weighted by atomic mass is 10.1. The van der Waals surface area contributed by atoms with Gasteiger partial charge < -0.3 is 19.9 Å².